The van der Waals surface area contributed by atoms with Gasteiger partial charge in [-0.3, -0.25) is 0 Å². The summed E-state index contributed by atoms with van der Waals surface area (Å²) in [5, 5.41) is 1.13. The first kappa shape index (κ1) is 8.88. The lowest BCUT2D eigenvalue weighted by atomic mass is 9.91. The van der Waals surface area contributed by atoms with Crippen LogP contribution in [0.25, 0.3) is 0 Å². The molecule has 0 aromatic carbocycles. The first-order chi connectivity index (χ1) is 4.52. The number of hydrogen-bond acceptors (Lipinski definition) is 1. The van der Waals surface area contributed by atoms with Gasteiger partial charge in [-0.1, -0.05) is 18.6 Å². The van der Waals surface area contributed by atoms with Gasteiger partial charge in [0.25, 0.3) is 0 Å². The van der Waals surface area contributed by atoms with E-state index in [9.17, 15) is 0 Å². The van der Waals surface area contributed by atoms with Crippen LogP contribution in [0.15, 0.2) is 0 Å². The van der Waals surface area contributed by atoms with Crippen molar-refractivity contribution < 1.29 is 3.79 Å². The smallest absolute Gasteiger partial charge is 0.484 e. The summed E-state index contributed by atoms with van der Waals surface area (Å²) in [7, 11) is 5.98. The third-order valence-corrected chi connectivity index (χ3v) is 5.02. The van der Waals surface area contributed by atoms with Crippen LogP contribution in [-0.4, -0.2) is 19.2 Å². The Morgan fingerprint density at radius 2 is 2.20 bits per heavy atom. The van der Waals surface area contributed by atoms with Crippen molar-refractivity contribution in [2.45, 2.75) is 38.1 Å². The molecule has 1 saturated heterocycles. The van der Waals surface area contributed by atoms with Gasteiger partial charge in [0.2, 0.25) is 0 Å². The highest BCUT2D eigenvalue weighted by Crippen LogP contribution is 2.33. The van der Waals surface area contributed by atoms with E-state index < -0.39 is 13.6 Å². The molecule has 1 rings (SSSR count). The molecule has 1 aliphatic heterocycles. The Labute approximate surface area is 71.6 Å². The van der Waals surface area contributed by atoms with Crippen molar-refractivity contribution in [2.75, 3.05) is 0 Å². The predicted molar refractivity (Wildman–Crippen MR) is 45.4 cm³/mol. The molecular formula is C7H14AlClO. The highest BCUT2D eigenvalue weighted by atomic mass is 35.6. The van der Waals surface area contributed by atoms with Crippen molar-refractivity contribution in [3.8, 4) is 0 Å². The maximum Gasteiger partial charge on any atom is 0.592 e. The number of hydrogen-bond donors (Lipinski definition) is 0. The van der Waals surface area contributed by atoms with Gasteiger partial charge in [-0.2, -0.15) is 0 Å². The van der Waals surface area contributed by atoms with Crippen LogP contribution in [0.1, 0.15) is 27.2 Å². The second-order valence-electron chi connectivity index (χ2n) is 3.61. The zero-order chi connectivity index (χ0) is 7.78. The van der Waals surface area contributed by atoms with Crippen LogP contribution in [0, 0.1) is 5.92 Å². The Morgan fingerprint density at radius 3 is 2.60 bits per heavy atom. The van der Waals surface area contributed by atoms with E-state index in [1.807, 2.05) is 0 Å². The van der Waals surface area contributed by atoms with Crippen molar-refractivity contribution in [3.05, 3.63) is 0 Å². The Bertz CT molecular complexity index is 127. The average molecular weight is 177 g/mol. The van der Waals surface area contributed by atoms with E-state index in [4.69, 9.17) is 13.8 Å². The third kappa shape index (κ3) is 1.89. The Morgan fingerprint density at radius 1 is 1.60 bits per heavy atom. The molecule has 0 amide bonds. The van der Waals surface area contributed by atoms with Crippen molar-refractivity contribution in [3.63, 3.8) is 0 Å². The average Bonchev–Trinajstić information content (AvgIpc) is 1.78. The van der Waals surface area contributed by atoms with Crippen LogP contribution >= 0.6 is 10.0 Å². The summed E-state index contributed by atoms with van der Waals surface area (Å²) in [6.45, 7) is 6.51. The fourth-order valence-corrected chi connectivity index (χ4v) is 4.07. The van der Waals surface area contributed by atoms with Gasteiger partial charge < -0.3 is 3.79 Å². The van der Waals surface area contributed by atoms with Gasteiger partial charge in [0, 0.05) is 5.60 Å². The van der Waals surface area contributed by atoms with E-state index in [-0.39, 0.29) is 5.60 Å². The quantitative estimate of drug-likeness (QED) is 0.516. The lowest BCUT2D eigenvalue weighted by molar-refractivity contribution is 0.0350. The highest BCUT2D eigenvalue weighted by molar-refractivity contribution is 7.03. The van der Waals surface area contributed by atoms with Crippen LogP contribution in [0.2, 0.25) is 5.28 Å². The second kappa shape index (κ2) is 3.03. The van der Waals surface area contributed by atoms with Crippen molar-refractivity contribution >= 4 is 23.6 Å². The van der Waals surface area contributed by atoms with E-state index in [1.165, 1.54) is 6.42 Å². The molecule has 0 aromatic rings. The molecule has 0 bridgehead atoms. The van der Waals surface area contributed by atoms with E-state index in [0.29, 0.717) is 5.92 Å². The van der Waals surface area contributed by atoms with Crippen LogP contribution in [-0.2, 0) is 3.79 Å². The number of rotatable bonds is 0. The third-order valence-electron chi connectivity index (χ3n) is 2.45. The summed E-state index contributed by atoms with van der Waals surface area (Å²) in [6.07, 6.45) is 1.24. The molecule has 1 unspecified atom stereocenters. The van der Waals surface area contributed by atoms with E-state index in [1.54, 1.807) is 0 Å². The molecule has 1 atom stereocenters. The summed E-state index contributed by atoms with van der Waals surface area (Å²) in [5.74, 6) is 0.662. The summed E-state index contributed by atoms with van der Waals surface area (Å²) in [4.78, 5) is 0. The highest BCUT2D eigenvalue weighted by Gasteiger charge is 2.37. The van der Waals surface area contributed by atoms with Gasteiger partial charge in [-0.15, -0.1) is 0 Å². The standard InChI is InChI=1S/C7H14O.Al.ClH/c1-5-6(2)7(3,4)8;;/h6H,1,5H2,2-4H3;;1H/q-1;+2;/p-1. The molecule has 58 valence electrons. The minimum Gasteiger partial charge on any atom is -0.484 e. The Hall–Kier alpha value is 0.782. The maximum absolute atomic E-state index is 5.98. The predicted octanol–water partition coefficient (Wildman–Crippen LogP) is 2.55. The molecule has 3 heteroatoms. The van der Waals surface area contributed by atoms with Gasteiger partial charge in [-0.05, 0) is 19.8 Å². The molecule has 0 aliphatic carbocycles. The zero-order valence-electron chi connectivity index (χ0n) is 6.86. The van der Waals surface area contributed by atoms with Gasteiger partial charge in [0.15, 0.2) is 0 Å². The normalized spacial score (nSPS) is 32.4. The Kier molecular flexibility index (Phi) is 2.69. The molecule has 10 heavy (non-hydrogen) atoms. The minimum absolute atomic E-state index is 0.0386. The topological polar surface area (TPSA) is 9.23 Å². The molecule has 1 heterocycles. The molecule has 0 saturated carbocycles. The van der Waals surface area contributed by atoms with Crippen LogP contribution in [0.3, 0.4) is 0 Å². The largest absolute Gasteiger partial charge is 0.592 e. The molecule has 1 nitrogen and oxygen atoms in total. The summed E-state index contributed by atoms with van der Waals surface area (Å²) in [6, 6.07) is 0. The van der Waals surface area contributed by atoms with E-state index in [0.717, 1.165) is 5.28 Å². The minimum atomic E-state index is -1.29. The Balaban J connectivity index is 2.55. The molecule has 0 N–H and O–H groups in total. The van der Waals surface area contributed by atoms with Crippen molar-refractivity contribution in [1.82, 2.24) is 0 Å². The monoisotopic (exact) mass is 176 g/mol. The van der Waals surface area contributed by atoms with Crippen LogP contribution in [0.4, 0.5) is 0 Å². The second-order valence-corrected chi connectivity index (χ2v) is 6.70. The van der Waals surface area contributed by atoms with E-state index in [2.05, 4.69) is 20.8 Å². The summed E-state index contributed by atoms with van der Waals surface area (Å²) >= 11 is -1.29. The maximum atomic E-state index is 5.98. The summed E-state index contributed by atoms with van der Waals surface area (Å²) < 4.78 is 5.69. The van der Waals surface area contributed by atoms with Crippen molar-refractivity contribution in [1.29, 1.82) is 0 Å². The lowest BCUT2D eigenvalue weighted by Crippen LogP contribution is -2.41. The summed E-state index contributed by atoms with van der Waals surface area (Å²) in [5.41, 5.74) is 0.0386. The van der Waals surface area contributed by atoms with Gasteiger partial charge in [0.1, 0.15) is 0 Å². The molecule has 1 fully saturated rings. The van der Waals surface area contributed by atoms with Gasteiger partial charge in [-0.25, -0.2) is 10.0 Å². The molecule has 0 spiro atoms. The van der Waals surface area contributed by atoms with E-state index >= 15 is 0 Å². The first-order valence-corrected chi connectivity index (χ1v) is 6.87. The van der Waals surface area contributed by atoms with Crippen molar-refractivity contribution in [2.24, 2.45) is 5.92 Å². The molecule has 0 aromatic heterocycles. The van der Waals surface area contributed by atoms with Crippen LogP contribution < -0.4 is 0 Å². The lowest BCUT2D eigenvalue weighted by Gasteiger charge is -2.38. The fraction of sp³-hybridized carbons (Fsp3) is 1.00. The number of halogens is 1. The van der Waals surface area contributed by atoms with Gasteiger partial charge >= 0.3 is 13.6 Å². The molecular weight excluding hydrogens is 163 g/mol. The molecule has 0 radical (unpaired) electrons. The van der Waals surface area contributed by atoms with Gasteiger partial charge in [0.05, 0.1) is 0 Å². The fourth-order valence-electron chi connectivity index (χ4n) is 1.23. The molecule has 1 aliphatic rings. The zero-order valence-corrected chi connectivity index (χ0v) is 8.77. The first-order valence-electron chi connectivity index (χ1n) is 3.84. The SMILES string of the molecule is CC1C[CH2][Al]([Cl])[O]C1(C)C. The van der Waals surface area contributed by atoms with Crippen LogP contribution in [0.5, 0.6) is 0 Å².